The van der Waals surface area contributed by atoms with Crippen LogP contribution in [0.5, 0.6) is 0 Å². The van der Waals surface area contributed by atoms with Crippen molar-refractivity contribution in [3.8, 4) is 0 Å². The number of aromatic amines is 1. The number of ether oxygens (including phenoxy) is 1. The molecule has 0 radical (unpaired) electrons. The van der Waals surface area contributed by atoms with Gasteiger partial charge >= 0.3 is 5.97 Å². The van der Waals surface area contributed by atoms with Crippen LogP contribution in [0.3, 0.4) is 0 Å². The Balaban J connectivity index is 1.48. The molecule has 1 aliphatic rings. The monoisotopic (exact) mass is 353 g/mol. The SMILES string of the molecule is C[n+]1ccn(CCOC(=O)[C@@H]2Cc3c([nH]c4ccccc34)C(C)(C)N2)c1. The zero-order valence-corrected chi connectivity index (χ0v) is 15.5. The zero-order valence-electron chi connectivity index (χ0n) is 15.5. The maximum Gasteiger partial charge on any atom is 0.323 e. The van der Waals surface area contributed by atoms with Crippen LogP contribution in [0.2, 0.25) is 0 Å². The van der Waals surface area contributed by atoms with Crippen LogP contribution in [0.1, 0.15) is 25.1 Å². The highest BCUT2D eigenvalue weighted by Crippen LogP contribution is 2.35. The smallest absolute Gasteiger partial charge is 0.323 e. The molecule has 3 aromatic rings. The highest BCUT2D eigenvalue weighted by atomic mass is 16.5. The van der Waals surface area contributed by atoms with Gasteiger partial charge in [0.25, 0.3) is 0 Å². The number of carbonyl (C=O) groups excluding carboxylic acids is 1. The number of nitrogens with one attached hydrogen (secondary N) is 2. The zero-order chi connectivity index (χ0) is 18.3. The number of H-pyrrole nitrogens is 1. The normalized spacial score (nSPS) is 18.7. The van der Waals surface area contributed by atoms with Crippen molar-refractivity contribution in [2.24, 2.45) is 7.05 Å². The molecule has 1 atom stereocenters. The lowest BCUT2D eigenvalue weighted by Crippen LogP contribution is -2.53. The van der Waals surface area contributed by atoms with E-state index in [1.165, 1.54) is 10.9 Å². The third-order valence-electron chi connectivity index (χ3n) is 5.08. The lowest BCUT2D eigenvalue weighted by atomic mass is 9.86. The Morgan fingerprint density at radius 3 is 2.96 bits per heavy atom. The second-order valence-corrected chi connectivity index (χ2v) is 7.53. The highest BCUT2D eigenvalue weighted by molar-refractivity contribution is 5.87. The van der Waals surface area contributed by atoms with E-state index in [0.717, 1.165) is 11.2 Å². The minimum Gasteiger partial charge on any atom is -0.460 e. The van der Waals surface area contributed by atoms with E-state index in [-0.39, 0.29) is 17.6 Å². The van der Waals surface area contributed by atoms with Gasteiger partial charge in [-0.1, -0.05) is 18.2 Å². The van der Waals surface area contributed by atoms with Gasteiger partial charge in [-0.2, -0.15) is 0 Å². The molecular formula is C20H25N4O2+. The number of carbonyl (C=O) groups is 1. The van der Waals surface area contributed by atoms with Crippen molar-refractivity contribution in [3.63, 3.8) is 0 Å². The summed E-state index contributed by atoms with van der Waals surface area (Å²) in [5.74, 6) is -0.189. The predicted octanol–water partition coefficient (Wildman–Crippen LogP) is 1.79. The van der Waals surface area contributed by atoms with Gasteiger partial charge in [-0.3, -0.25) is 10.1 Å². The van der Waals surface area contributed by atoms with Gasteiger partial charge < -0.3 is 9.72 Å². The molecule has 0 aliphatic carbocycles. The van der Waals surface area contributed by atoms with Crippen LogP contribution >= 0.6 is 0 Å². The topological polar surface area (TPSA) is 62.9 Å². The number of hydrogen-bond donors (Lipinski definition) is 2. The van der Waals surface area contributed by atoms with Crippen molar-refractivity contribution in [2.75, 3.05) is 6.61 Å². The van der Waals surface area contributed by atoms with Gasteiger partial charge in [-0.15, -0.1) is 0 Å². The number of benzene rings is 1. The molecule has 6 nitrogen and oxygen atoms in total. The van der Waals surface area contributed by atoms with E-state index < -0.39 is 0 Å². The van der Waals surface area contributed by atoms with Gasteiger partial charge in [-0.05, 0) is 25.5 Å². The van der Waals surface area contributed by atoms with Gasteiger partial charge in [-0.25, -0.2) is 9.13 Å². The minimum absolute atomic E-state index is 0.189. The first kappa shape index (κ1) is 16.8. The molecule has 2 N–H and O–H groups in total. The molecule has 0 unspecified atom stereocenters. The number of aryl methyl sites for hydroxylation is 1. The fraction of sp³-hybridized carbons (Fsp3) is 0.400. The first-order valence-electron chi connectivity index (χ1n) is 8.99. The second-order valence-electron chi connectivity index (χ2n) is 7.53. The number of rotatable bonds is 4. The molecule has 2 aromatic heterocycles. The first-order valence-corrected chi connectivity index (χ1v) is 8.99. The van der Waals surface area contributed by atoms with Gasteiger partial charge in [0.15, 0.2) is 0 Å². The van der Waals surface area contributed by atoms with Crippen LogP contribution in [0.15, 0.2) is 43.0 Å². The summed E-state index contributed by atoms with van der Waals surface area (Å²) in [4.78, 5) is 16.2. The molecule has 136 valence electrons. The van der Waals surface area contributed by atoms with Gasteiger partial charge in [0.1, 0.15) is 31.6 Å². The molecule has 1 aliphatic heterocycles. The molecule has 0 spiro atoms. The van der Waals surface area contributed by atoms with Crippen molar-refractivity contribution in [2.45, 2.75) is 38.4 Å². The fourth-order valence-corrected chi connectivity index (χ4v) is 3.84. The van der Waals surface area contributed by atoms with Crippen molar-refractivity contribution >= 4 is 16.9 Å². The van der Waals surface area contributed by atoms with Crippen LogP contribution in [0, 0.1) is 0 Å². The van der Waals surface area contributed by atoms with E-state index in [1.54, 1.807) is 0 Å². The third-order valence-corrected chi connectivity index (χ3v) is 5.08. The maximum absolute atomic E-state index is 12.6. The molecule has 0 amide bonds. The predicted molar refractivity (Wildman–Crippen MR) is 98.5 cm³/mol. The molecule has 0 saturated carbocycles. The van der Waals surface area contributed by atoms with Crippen molar-refractivity contribution in [1.29, 1.82) is 0 Å². The van der Waals surface area contributed by atoms with E-state index in [4.69, 9.17) is 4.74 Å². The summed E-state index contributed by atoms with van der Waals surface area (Å²) in [6, 6.07) is 7.92. The van der Waals surface area contributed by atoms with Gasteiger partial charge in [0, 0.05) is 23.0 Å². The molecule has 6 heteroatoms. The molecule has 0 fully saturated rings. The fourth-order valence-electron chi connectivity index (χ4n) is 3.84. The van der Waals surface area contributed by atoms with Crippen LogP contribution in [0.4, 0.5) is 0 Å². The third kappa shape index (κ3) is 3.01. The van der Waals surface area contributed by atoms with E-state index in [0.29, 0.717) is 19.6 Å². The summed E-state index contributed by atoms with van der Waals surface area (Å²) in [5.41, 5.74) is 3.16. The first-order chi connectivity index (χ1) is 12.4. The second kappa shape index (κ2) is 6.29. The standard InChI is InChI=1S/C20H25N4O2/c1-20(2)18-15(14-6-4-5-7-16(14)21-18)12-17(22-20)19(25)26-11-10-24-9-8-23(3)13-24/h4-9,13,17,21-22H,10-12H2,1-3H3/q+1/t17-/m0/s1. The van der Waals surface area contributed by atoms with E-state index in [2.05, 4.69) is 36.3 Å². The average molecular weight is 353 g/mol. The summed E-state index contributed by atoms with van der Waals surface area (Å²) in [7, 11) is 1.97. The molecule has 4 rings (SSSR count). The Hall–Kier alpha value is -2.60. The molecule has 0 bridgehead atoms. The maximum atomic E-state index is 12.6. The van der Waals surface area contributed by atoms with Crippen LogP contribution in [0.25, 0.3) is 10.9 Å². The lowest BCUT2D eigenvalue weighted by Gasteiger charge is -2.36. The summed E-state index contributed by atoms with van der Waals surface area (Å²) >= 11 is 0. The summed E-state index contributed by atoms with van der Waals surface area (Å²) in [6.45, 7) is 5.22. The Morgan fingerprint density at radius 1 is 1.38 bits per heavy atom. The Morgan fingerprint density at radius 2 is 2.19 bits per heavy atom. The lowest BCUT2D eigenvalue weighted by molar-refractivity contribution is -0.671. The van der Waals surface area contributed by atoms with E-state index in [9.17, 15) is 4.79 Å². The number of hydrogen-bond acceptors (Lipinski definition) is 3. The van der Waals surface area contributed by atoms with Crippen LogP contribution in [-0.4, -0.2) is 28.2 Å². The highest BCUT2D eigenvalue weighted by Gasteiger charge is 2.38. The minimum atomic E-state index is -0.336. The summed E-state index contributed by atoms with van der Waals surface area (Å²) in [6.07, 6.45) is 6.54. The molecular weight excluding hydrogens is 328 g/mol. The number of esters is 1. The Labute approximate surface area is 152 Å². The quantitative estimate of drug-likeness (QED) is 0.555. The van der Waals surface area contributed by atoms with Crippen LogP contribution in [-0.2, 0) is 35.1 Å². The van der Waals surface area contributed by atoms with Crippen molar-refractivity contribution in [3.05, 3.63) is 54.2 Å². The summed E-state index contributed by atoms with van der Waals surface area (Å²) in [5, 5.41) is 4.64. The molecule has 26 heavy (non-hydrogen) atoms. The van der Waals surface area contributed by atoms with E-state index >= 15 is 0 Å². The van der Waals surface area contributed by atoms with Gasteiger partial charge in [0.2, 0.25) is 6.33 Å². The number of fused-ring (bicyclic) bond motifs is 3. The number of imidazole rings is 1. The number of nitrogens with zero attached hydrogens (tertiary/aromatic N) is 2. The molecule has 3 heterocycles. The Bertz CT molecular complexity index is 954. The summed E-state index contributed by atoms with van der Waals surface area (Å²) < 4.78 is 9.52. The largest absolute Gasteiger partial charge is 0.460 e. The van der Waals surface area contributed by atoms with Crippen molar-refractivity contribution in [1.82, 2.24) is 14.9 Å². The van der Waals surface area contributed by atoms with Gasteiger partial charge in [0.05, 0.1) is 12.6 Å². The van der Waals surface area contributed by atoms with Crippen LogP contribution < -0.4 is 9.88 Å². The Kier molecular flexibility index (Phi) is 4.07. The van der Waals surface area contributed by atoms with E-state index in [1.807, 2.05) is 47.0 Å². The number of aromatic nitrogens is 3. The molecule has 1 aromatic carbocycles. The molecule has 0 saturated heterocycles. The van der Waals surface area contributed by atoms with Crippen molar-refractivity contribution < 1.29 is 14.1 Å². The average Bonchev–Trinajstić information content (AvgIpc) is 3.18. The number of para-hydroxylation sites is 1.